The molecule has 146 valence electrons. The van der Waals surface area contributed by atoms with Crippen molar-refractivity contribution >= 4 is 22.5 Å². The van der Waals surface area contributed by atoms with Crippen LogP contribution < -0.4 is 10.3 Å². The summed E-state index contributed by atoms with van der Waals surface area (Å²) in [5, 5.41) is 1.84. The first-order valence-corrected chi connectivity index (χ1v) is 10.3. The van der Waals surface area contributed by atoms with Crippen LogP contribution >= 0.6 is 11.6 Å². The average Bonchev–Trinajstić information content (AvgIpc) is 2.72. The molecule has 1 fully saturated rings. The summed E-state index contributed by atoms with van der Waals surface area (Å²) < 4.78 is 7.96. The first-order chi connectivity index (χ1) is 13.7. The lowest BCUT2D eigenvalue weighted by Crippen LogP contribution is -2.39. The molecule has 0 radical (unpaired) electrons. The van der Waals surface area contributed by atoms with Crippen molar-refractivity contribution in [1.82, 2.24) is 9.47 Å². The molecule has 0 atom stereocenters. The third kappa shape index (κ3) is 4.57. The smallest absolute Gasteiger partial charge is 0.251 e. The lowest BCUT2D eigenvalue weighted by Gasteiger charge is -2.32. The third-order valence-electron chi connectivity index (χ3n) is 5.41. The number of ether oxygens (including phenoxy) is 1. The Morgan fingerprint density at radius 1 is 0.929 bits per heavy atom. The lowest BCUT2D eigenvalue weighted by atomic mass is 10.1. The van der Waals surface area contributed by atoms with E-state index in [0.717, 1.165) is 67.1 Å². The highest BCUT2D eigenvalue weighted by molar-refractivity contribution is 6.30. The second-order valence-corrected chi connectivity index (χ2v) is 7.78. The molecule has 1 aliphatic rings. The van der Waals surface area contributed by atoms with Crippen molar-refractivity contribution in [3.63, 3.8) is 0 Å². The van der Waals surface area contributed by atoms with Crippen molar-refractivity contribution in [2.75, 3.05) is 19.6 Å². The number of benzene rings is 2. The molecule has 28 heavy (non-hydrogen) atoms. The van der Waals surface area contributed by atoms with E-state index in [9.17, 15) is 4.79 Å². The van der Waals surface area contributed by atoms with Gasteiger partial charge in [0, 0.05) is 30.7 Å². The van der Waals surface area contributed by atoms with Gasteiger partial charge in [0.1, 0.15) is 11.9 Å². The van der Waals surface area contributed by atoms with Gasteiger partial charge in [0.15, 0.2) is 0 Å². The number of piperidine rings is 1. The van der Waals surface area contributed by atoms with Gasteiger partial charge < -0.3 is 14.2 Å². The van der Waals surface area contributed by atoms with Crippen LogP contribution in [0, 0.1) is 0 Å². The minimum atomic E-state index is 0.0776. The number of halogens is 1. The van der Waals surface area contributed by atoms with E-state index in [-0.39, 0.29) is 11.7 Å². The minimum Gasteiger partial charge on any atom is -0.490 e. The van der Waals surface area contributed by atoms with Gasteiger partial charge in [-0.3, -0.25) is 4.79 Å². The number of hydrogen-bond donors (Lipinski definition) is 0. The monoisotopic (exact) mass is 396 g/mol. The van der Waals surface area contributed by atoms with E-state index in [1.165, 1.54) is 0 Å². The molecule has 1 saturated heterocycles. The number of fused-ring (bicyclic) bond motifs is 1. The van der Waals surface area contributed by atoms with Crippen LogP contribution in [0.4, 0.5) is 0 Å². The molecule has 0 amide bonds. The number of hydrogen-bond acceptors (Lipinski definition) is 3. The Kier molecular flexibility index (Phi) is 5.98. The summed E-state index contributed by atoms with van der Waals surface area (Å²) in [4.78, 5) is 14.7. The lowest BCUT2D eigenvalue weighted by molar-refractivity contribution is 0.0992. The van der Waals surface area contributed by atoms with Crippen LogP contribution in [0.1, 0.15) is 19.3 Å². The number of nitrogens with zero attached hydrogens (tertiary/aromatic N) is 2. The first kappa shape index (κ1) is 19.0. The van der Waals surface area contributed by atoms with E-state index in [1.807, 2.05) is 53.1 Å². The molecule has 3 aromatic rings. The summed E-state index contributed by atoms with van der Waals surface area (Å²) in [5.41, 5.74) is 1.10. The van der Waals surface area contributed by atoms with E-state index in [1.54, 1.807) is 6.07 Å². The van der Waals surface area contributed by atoms with E-state index in [0.29, 0.717) is 0 Å². The Morgan fingerprint density at radius 2 is 1.68 bits per heavy atom. The minimum absolute atomic E-state index is 0.0776. The van der Waals surface area contributed by atoms with Gasteiger partial charge in [0.2, 0.25) is 0 Å². The van der Waals surface area contributed by atoms with Crippen molar-refractivity contribution in [2.45, 2.75) is 31.9 Å². The maximum absolute atomic E-state index is 12.3. The summed E-state index contributed by atoms with van der Waals surface area (Å²) in [6.07, 6.45) is 3.28. The van der Waals surface area contributed by atoms with Crippen LogP contribution in [-0.4, -0.2) is 35.2 Å². The number of para-hydroxylation sites is 1. The molecule has 2 heterocycles. The van der Waals surface area contributed by atoms with Crippen molar-refractivity contribution in [3.8, 4) is 5.75 Å². The van der Waals surface area contributed by atoms with E-state index >= 15 is 0 Å². The van der Waals surface area contributed by atoms with Crippen LogP contribution in [0.25, 0.3) is 10.9 Å². The number of rotatable bonds is 6. The fourth-order valence-corrected chi connectivity index (χ4v) is 4.01. The SMILES string of the molecule is O=c1ccc2ccccc2n1CCCN1CCC(Oc2ccc(Cl)cc2)CC1. The van der Waals surface area contributed by atoms with Gasteiger partial charge >= 0.3 is 0 Å². The maximum atomic E-state index is 12.3. The van der Waals surface area contributed by atoms with Gasteiger partial charge in [-0.2, -0.15) is 0 Å². The van der Waals surface area contributed by atoms with Crippen molar-refractivity contribution in [2.24, 2.45) is 0 Å². The van der Waals surface area contributed by atoms with Crippen LogP contribution in [0.15, 0.2) is 65.5 Å². The maximum Gasteiger partial charge on any atom is 0.251 e. The number of aryl methyl sites for hydroxylation is 1. The van der Waals surface area contributed by atoms with Crippen molar-refractivity contribution in [3.05, 3.63) is 76.0 Å². The fraction of sp³-hybridized carbons (Fsp3) is 0.348. The summed E-state index contributed by atoms with van der Waals surface area (Å²) in [6.45, 7) is 3.82. The second kappa shape index (κ2) is 8.80. The zero-order chi connectivity index (χ0) is 19.3. The van der Waals surface area contributed by atoms with Gasteiger partial charge in [-0.25, -0.2) is 0 Å². The quantitative estimate of drug-likeness (QED) is 0.611. The number of likely N-dealkylation sites (tertiary alicyclic amines) is 1. The molecule has 0 saturated carbocycles. The highest BCUT2D eigenvalue weighted by atomic mass is 35.5. The second-order valence-electron chi connectivity index (χ2n) is 7.35. The molecule has 0 unspecified atom stereocenters. The predicted molar refractivity (Wildman–Crippen MR) is 114 cm³/mol. The molecule has 2 aromatic carbocycles. The van der Waals surface area contributed by atoms with E-state index in [2.05, 4.69) is 11.0 Å². The zero-order valence-corrected chi connectivity index (χ0v) is 16.6. The van der Waals surface area contributed by atoms with Crippen molar-refractivity contribution in [1.29, 1.82) is 0 Å². The third-order valence-corrected chi connectivity index (χ3v) is 5.66. The summed E-state index contributed by atoms with van der Waals surface area (Å²) in [6, 6.07) is 19.2. The van der Waals surface area contributed by atoms with Crippen LogP contribution in [0.2, 0.25) is 5.02 Å². The zero-order valence-electron chi connectivity index (χ0n) is 15.9. The molecule has 0 N–H and O–H groups in total. The molecule has 1 aromatic heterocycles. The van der Waals surface area contributed by atoms with Crippen LogP contribution in [0.3, 0.4) is 0 Å². The molecule has 0 bridgehead atoms. The number of aromatic nitrogens is 1. The van der Waals surface area contributed by atoms with Gasteiger partial charge in [-0.15, -0.1) is 0 Å². The fourth-order valence-electron chi connectivity index (χ4n) is 3.88. The highest BCUT2D eigenvalue weighted by Gasteiger charge is 2.20. The van der Waals surface area contributed by atoms with Gasteiger partial charge in [-0.05, 0) is 67.6 Å². The Labute approximate surface area is 170 Å². The molecule has 0 spiro atoms. The van der Waals surface area contributed by atoms with E-state index in [4.69, 9.17) is 16.3 Å². The summed E-state index contributed by atoms with van der Waals surface area (Å²) >= 11 is 5.92. The largest absolute Gasteiger partial charge is 0.490 e. The Morgan fingerprint density at radius 3 is 2.46 bits per heavy atom. The van der Waals surface area contributed by atoms with Crippen LogP contribution in [0.5, 0.6) is 5.75 Å². The van der Waals surface area contributed by atoms with Crippen molar-refractivity contribution < 1.29 is 4.74 Å². The molecular weight excluding hydrogens is 372 g/mol. The molecule has 4 nitrogen and oxygen atoms in total. The van der Waals surface area contributed by atoms with E-state index < -0.39 is 0 Å². The van der Waals surface area contributed by atoms with Gasteiger partial charge in [0.05, 0.1) is 5.52 Å². The Hall–Kier alpha value is -2.30. The first-order valence-electron chi connectivity index (χ1n) is 9.92. The molecule has 1 aliphatic heterocycles. The summed E-state index contributed by atoms with van der Waals surface area (Å²) in [5.74, 6) is 0.887. The Bertz CT molecular complexity index is 976. The molecule has 5 heteroatoms. The predicted octanol–water partition coefficient (Wildman–Crippen LogP) is 4.59. The standard InChI is InChI=1S/C23H25ClN2O2/c24-19-7-9-20(10-8-19)28-21-12-16-25(17-13-21)14-3-15-26-22-5-2-1-4-18(22)6-11-23(26)27/h1-2,4-11,21H,3,12-17H2. The topological polar surface area (TPSA) is 34.5 Å². The normalized spacial score (nSPS) is 15.8. The summed E-state index contributed by atoms with van der Waals surface area (Å²) in [7, 11) is 0. The van der Waals surface area contributed by atoms with Gasteiger partial charge in [0.25, 0.3) is 5.56 Å². The Balaban J connectivity index is 1.27. The number of pyridine rings is 1. The highest BCUT2D eigenvalue weighted by Crippen LogP contribution is 2.21. The molecule has 0 aliphatic carbocycles. The molecular formula is C23H25ClN2O2. The average molecular weight is 397 g/mol. The van der Waals surface area contributed by atoms with Crippen LogP contribution in [-0.2, 0) is 6.54 Å². The van der Waals surface area contributed by atoms with Gasteiger partial charge in [-0.1, -0.05) is 29.8 Å². The molecule has 4 rings (SSSR count).